The summed E-state index contributed by atoms with van der Waals surface area (Å²) in [4.78, 5) is 14.9. The molecule has 1 aromatic rings. The third kappa shape index (κ3) is 4.84. The number of rotatable bonds is 7. The molecule has 1 unspecified atom stereocenters. The van der Waals surface area contributed by atoms with Gasteiger partial charge in [-0.15, -0.1) is 0 Å². The zero-order valence-corrected chi connectivity index (χ0v) is 17.7. The van der Waals surface area contributed by atoms with Gasteiger partial charge in [0.15, 0.2) is 0 Å². The van der Waals surface area contributed by atoms with Crippen LogP contribution in [-0.4, -0.2) is 49.7 Å². The molecule has 0 radical (unpaired) electrons. The van der Waals surface area contributed by atoms with Crippen LogP contribution in [0, 0.1) is 11.8 Å². The van der Waals surface area contributed by atoms with E-state index in [0.717, 1.165) is 25.8 Å². The second-order valence-corrected chi connectivity index (χ2v) is 10.3. The van der Waals surface area contributed by atoms with Gasteiger partial charge in [-0.25, -0.2) is 8.42 Å². The average Bonchev–Trinajstić information content (AvgIpc) is 3.45. The van der Waals surface area contributed by atoms with E-state index in [9.17, 15) is 13.2 Å². The average molecular weight is 413 g/mol. The number of amides is 1. The van der Waals surface area contributed by atoms with E-state index in [2.05, 4.69) is 6.92 Å². The number of halogens is 1. The monoisotopic (exact) mass is 412 g/mol. The Hall–Kier alpha value is -1.11. The standard InChI is InChI=1S/C20H29ClN2O3S/c1-3-10-22(14-16-6-7-16)20(24)17-8-9-18(21)19(12-17)27(25,26)23-11-4-5-15(2)13-23/h8-9,12,15-16H,3-7,10-11,13-14H2,1-2H3. The van der Waals surface area contributed by atoms with Crippen LogP contribution in [0.5, 0.6) is 0 Å². The van der Waals surface area contributed by atoms with E-state index in [1.807, 2.05) is 11.8 Å². The molecule has 2 aliphatic rings. The van der Waals surface area contributed by atoms with Crippen LogP contribution in [0.4, 0.5) is 0 Å². The molecule has 0 aromatic heterocycles. The highest BCUT2D eigenvalue weighted by Crippen LogP contribution is 2.32. The summed E-state index contributed by atoms with van der Waals surface area (Å²) in [5, 5.41) is 0.175. The van der Waals surface area contributed by atoms with E-state index >= 15 is 0 Å². The lowest BCUT2D eigenvalue weighted by atomic mass is 10.0. The van der Waals surface area contributed by atoms with Crippen molar-refractivity contribution >= 4 is 27.5 Å². The highest BCUT2D eigenvalue weighted by atomic mass is 35.5. The molecule has 3 rings (SSSR count). The van der Waals surface area contributed by atoms with Gasteiger partial charge in [-0.3, -0.25) is 4.79 Å². The van der Waals surface area contributed by atoms with Gasteiger partial charge < -0.3 is 4.90 Å². The molecule has 1 saturated carbocycles. The first-order valence-electron chi connectivity index (χ1n) is 9.92. The molecule has 150 valence electrons. The summed E-state index contributed by atoms with van der Waals surface area (Å²) in [5.74, 6) is 0.811. The lowest BCUT2D eigenvalue weighted by Gasteiger charge is -2.30. The van der Waals surface area contributed by atoms with Crippen molar-refractivity contribution in [3.63, 3.8) is 0 Å². The fourth-order valence-electron chi connectivity index (χ4n) is 3.68. The number of nitrogens with zero attached hydrogens (tertiary/aromatic N) is 2. The van der Waals surface area contributed by atoms with Crippen molar-refractivity contribution in [1.29, 1.82) is 0 Å². The Labute approximate surface area is 167 Å². The summed E-state index contributed by atoms with van der Waals surface area (Å²) in [6, 6.07) is 4.64. The van der Waals surface area contributed by atoms with E-state index in [1.165, 1.54) is 29.3 Å². The predicted molar refractivity (Wildman–Crippen MR) is 108 cm³/mol. The van der Waals surface area contributed by atoms with E-state index in [4.69, 9.17) is 11.6 Å². The second-order valence-electron chi connectivity index (χ2n) is 7.95. The van der Waals surface area contributed by atoms with Crippen LogP contribution in [-0.2, 0) is 10.0 Å². The molecule has 0 spiro atoms. The third-order valence-electron chi connectivity index (χ3n) is 5.37. The summed E-state index contributed by atoms with van der Waals surface area (Å²) in [5.41, 5.74) is 0.400. The normalized spacial score (nSPS) is 21.2. The van der Waals surface area contributed by atoms with Gasteiger partial charge in [-0.2, -0.15) is 4.31 Å². The van der Waals surface area contributed by atoms with Crippen LogP contribution in [0.2, 0.25) is 5.02 Å². The molecule has 27 heavy (non-hydrogen) atoms. The van der Waals surface area contributed by atoms with Crippen molar-refractivity contribution < 1.29 is 13.2 Å². The zero-order chi connectivity index (χ0) is 19.6. The van der Waals surface area contributed by atoms with Crippen LogP contribution in [0.25, 0.3) is 0 Å². The van der Waals surface area contributed by atoms with Crippen molar-refractivity contribution in [2.45, 2.75) is 50.8 Å². The van der Waals surface area contributed by atoms with Gasteiger partial charge >= 0.3 is 0 Å². The van der Waals surface area contributed by atoms with Crippen molar-refractivity contribution in [3.8, 4) is 0 Å². The Bertz CT molecular complexity index is 792. The van der Waals surface area contributed by atoms with Crippen molar-refractivity contribution in [2.75, 3.05) is 26.2 Å². The summed E-state index contributed by atoms with van der Waals surface area (Å²) >= 11 is 6.25. The Morgan fingerprint density at radius 3 is 2.67 bits per heavy atom. The Morgan fingerprint density at radius 2 is 2.04 bits per heavy atom. The first-order chi connectivity index (χ1) is 12.8. The summed E-state index contributed by atoms with van der Waals surface area (Å²) in [6.45, 7) is 6.54. The SMILES string of the molecule is CCCN(CC1CC1)C(=O)c1ccc(Cl)c(S(=O)(=O)N2CCCC(C)C2)c1. The second kappa shape index (κ2) is 8.50. The third-order valence-corrected chi connectivity index (χ3v) is 7.72. The fraction of sp³-hybridized carbons (Fsp3) is 0.650. The lowest BCUT2D eigenvalue weighted by Crippen LogP contribution is -2.39. The van der Waals surface area contributed by atoms with Gasteiger partial charge in [0.25, 0.3) is 5.91 Å². The number of benzene rings is 1. The van der Waals surface area contributed by atoms with Crippen LogP contribution < -0.4 is 0 Å². The molecule has 1 saturated heterocycles. The van der Waals surface area contributed by atoms with Gasteiger partial charge in [0.1, 0.15) is 4.90 Å². The molecule has 1 atom stereocenters. The first-order valence-corrected chi connectivity index (χ1v) is 11.7. The number of hydrogen-bond donors (Lipinski definition) is 0. The Kier molecular flexibility index (Phi) is 6.49. The first kappa shape index (κ1) is 20.6. The minimum atomic E-state index is -3.70. The molecule has 1 aliphatic carbocycles. The van der Waals surface area contributed by atoms with E-state index in [-0.39, 0.29) is 15.8 Å². The van der Waals surface area contributed by atoms with Crippen molar-refractivity contribution in [3.05, 3.63) is 28.8 Å². The largest absolute Gasteiger partial charge is 0.338 e. The minimum Gasteiger partial charge on any atom is -0.338 e. The predicted octanol–water partition coefficient (Wildman–Crippen LogP) is 4.02. The maximum absolute atomic E-state index is 13.1. The van der Waals surface area contributed by atoms with Crippen molar-refractivity contribution in [1.82, 2.24) is 9.21 Å². The molecule has 0 bridgehead atoms. The maximum Gasteiger partial charge on any atom is 0.253 e. The molecule has 1 aliphatic heterocycles. The van der Waals surface area contributed by atoms with Crippen molar-refractivity contribution in [2.24, 2.45) is 11.8 Å². The highest BCUT2D eigenvalue weighted by molar-refractivity contribution is 7.89. The van der Waals surface area contributed by atoms with Gasteiger partial charge in [0.2, 0.25) is 10.0 Å². The van der Waals surface area contributed by atoms with Gasteiger partial charge in [0, 0.05) is 31.7 Å². The minimum absolute atomic E-state index is 0.0481. The number of carbonyl (C=O) groups is 1. The van der Waals surface area contributed by atoms with Gasteiger partial charge in [0.05, 0.1) is 5.02 Å². The molecular weight excluding hydrogens is 384 g/mol. The lowest BCUT2D eigenvalue weighted by molar-refractivity contribution is 0.0747. The molecular formula is C20H29ClN2O3S. The maximum atomic E-state index is 13.1. The summed E-state index contributed by atoms with van der Waals surface area (Å²) in [6.07, 6.45) is 5.10. The van der Waals surface area contributed by atoms with Gasteiger partial charge in [-0.1, -0.05) is 25.4 Å². The van der Waals surface area contributed by atoms with E-state index < -0.39 is 10.0 Å². The molecule has 1 heterocycles. The Morgan fingerprint density at radius 1 is 1.30 bits per heavy atom. The summed E-state index contributed by atoms with van der Waals surface area (Å²) < 4.78 is 27.8. The molecule has 0 N–H and O–H groups in total. The van der Waals surface area contributed by atoms with Crippen LogP contribution >= 0.6 is 11.6 Å². The smallest absolute Gasteiger partial charge is 0.253 e. The quantitative estimate of drug-likeness (QED) is 0.679. The molecule has 5 nitrogen and oxygen atoms in total. The number of hydrogen-bond acceptors (Lipinski definition) is 3. The molecule has 1 aromatic carbocycles. The van der Waals surface area contributed by atoms with E-state index in [0.29, 0.717) is 37.0 Å². The van der Waals surface area contributed by atoms with Crippen LogP contribution in [0.15, 0.2) is 23.1 Å². The zero-order valence-electron chi connectivity index (χ0n) is 16.2. The van der Waals surface area contributed by atoms with Crippen LogP contribution in [0.3, 0.4) is 0 Å². The molecule has 2 fully saturated rings. The topological polar surface area (TPSA) is 57.7 Å². The Balaban J connectivity index is 1.87. The van der Waals surface area contributed by atoms with Crippen LogP contribution in [0.1, 0.15) is 56.3 Å². The number of carbonyl (C=O) groups excluding carboxylic acids is 1. The summed E-state index contributed by atoms with van der Waals surface area (Å²) in [7, 11) is -3.70. The molecule has 1 amide bonds. The highest BCUT2D eigenvalue weighted by Gasteiger charge is 2.32. The van der Waals surface area contributed by atoms with E-state index in [1.54, 1.807) is 6.07 Å². The molecule has 7 heteroatoms. The number of piperidine rings is 1. The number of sulfonamides is 1. The fourth-order valence-corrected chi connectivity index (χ4v) is 5.78. The van der Waals surface area contributed by atoms with Gasteiger partial charge in [-0.05, 0) is 62.1 Å².